The average Bonchev–Trinajstić information content (AvgIpc) is 2.25. The summed E-state index contributed by atoms with van der Waals surface area (Å²) in [6, 6.07) is 8.19. The molecule has 2 rings (SSSR count). The Labute approximate surface area is 72.7 Å². The van der Waals surface area contributed by atoms with Crippen LogP contribution in [0.4, 0.5) is 0 Å². The van der Waals surface area contributed by atoms with E-state index in [2.05, 4.69) is 25.1 Å². The zero-order chi connectivity index (χ0) is 8.39. The Morgan fingerprint density at radius 2 is 2.17 bits per heavy atom. The lowest BCUT2D eigenvalue weighted by Gasteiger charge is -2.10. The van der Waals surface area contributed by atoms with Gasteiger partial charge in [-0.2, -0.15) is 0 Å². The van der Waals surface area contributed by atoms with Gasteiger partial charge in [0, 0.05) is 0 Å². The predicted molar refractivity (Wildman–Crippen MR) is 49.4 cm³/mol. The molecule has 0 saturated heterocycles. The van der Waals surface area contributed by atoms with Crippen LogP contribution in [0.2, 0.25) is 0 Å². The lowest BCUT2D eigenvalue weighted by Crippen LogP contribution is -2.06. The van der Waals surface area contributed by atoms with Crippen LogP contribution < -0.4 is 4.74 Å². The molecule has 1 aliphatic heterocycles. The number of benzene rings is 1. The van der Waals surface area contributed by atoms with Gasteiger partial charge in [0.05, 0.1) is 0 Å². The quantitative estimate of drug-likeness (QED) is 0.530. The van der Waals surface area contributed by atoms with E-state index in [1.54, 1.807) is 0 Å². The summed E-state index contributed by atoms with van der Waals surface area (Å²) in [5, 5.41) is 0. The minimum absolute atomic E-state index is 0.202. The second-order valence-electron chi connectivity index (χ2n) is 3.06. The fourth-order valence-corrected chi connectivity index (χ4v) is 1.41. The van der Waals surface area contributed by atoms with E-state index in [1.807, 2.05) is 18.2 Å². The number of ether oxygens (including phenoxy) is 1. The Kier molecular flexibility index (Phi) is 1.86. The predicted octanol–water partition coefficient (Wildman–Crippen LogP) is 2.57. The molecule has 0 bridgehead atoms. The maximum Gasteiger partial charge on any atom is 0.123 e. The van der Waals surface area contributed by atoms with Crippen molar-refractivity contribution in [2.24, 2.45) is 0 Å². The van der Waals surface area contributed by atoms with Crippen LogP contribution in [0.15, 0.2) is 36.4 Å². The molecule has 12 heavy (non-hydrogen) atoms. The first-order valence-electron chi connectivity index (χ1n) is 4.27. The van der Waals surface area contributed by atoms with Crippen LogP contribution >= 0.6 is 0 Å². The monoisotopic (exact) mass is 160 g/mol. The van der Waals surface area contributed by atoms with Crippen LogP contribution in [-0.4, -0.2) is 6.10 Å². The highest BCUT2D eigenvalue weighted by atomic mass is 16.5. The molecule has 1 unspecified atom stereocenters. The van der Waals surface area contributed by atoms with Gasteiger partial charge in [0.1, 0.15) is 11.9 Å². The van der Waals surface area contributed by atoms with E-state index in [1.165, 1.54) is 5.56 Å². The first-order chi connectivity index (χ1) is 5.86. The largest absolute Gasteiger partial charge is 0.486 e. The summed E-state index contributed by atoms with van der Waals surface area (Å²) < 4.78 is 5.67. The smallest absolute Gasteiger partial charge is 0.123 e. The summed E-state index contributed by atoms with van der Waals surface area (Å²) in [4.78, 5) is 0. The van der Waals surface area contributed by atoms with E-state index in [0.29, 0.717) is 0 Å². The Balaban J connectivity index is 2.38. The highest BCUT2D eigenvalue weighted by Crippen LogP contribution is 2.22. The maximum absolute atomic E-state index is 5.67. The number of rotatable bonds is 0. The molecule has 1 atom stereocenters. The molecule has 0 fully saturated rings. The molecule has 1 heterocycles. The molecule has 0 amide bonds. The molecule has 62 valence electrons. The third-order valence-corrected chi connectivity index (χ3v) is 2.03. The summed E-state index contributed by atoms with van der Waals surface area (Å²) in [6.07, 6.45) is 5.45. The number of allylic oxidation sites excluding steroid dienone is 1. The normalized spacial score (nSPS) is 20.9. The van der Waals surface area contributed by atoms with Gasteiger partial charge in [-0.05, 0) is 31.1 Å². The first kappa shape index (κ1) is 7.41. The third-order valence-electron chi connectivity index (χ3n) is 2.03. The van der Waals surface area contributed by atoms with Crippen molar-refractivity contribution in [3.8, 4) is 5.75 Å². The molecule has 1 aliphatic rings. The SMILES string of the molecule is CC1C=CCc2ccccc2O1. The zero-order valence-corrected chi connectivity index (χ0v) is 7.16. The van der Waals surface area contributed by atoms with Crippen molar-refractivity contribution in [2.75, 3.05) is 0 Å². The van der Waals surface area contributed by atoms with Gasteiger partial charge in [0.2, 0.25) is 0 Å². The van der Waals surface area contributed by atoms with Gasteiger partial charge in [-0.15, -0.1) is 0 Å². The van der Waals surface area contributed by atoms with E-state index in [0.717, 1.165) is 12.2 Å². The number of para-hydroxylation sites is 1. The minimum Gasteiger partial charge on any atom is -0.486 e. The molecule has 1 aromatic rings. The standard InChI is InChI=1S/C11H12O/c1-9-5-4-7-10-6-2-3-8-11(10)12-9/h2-6,8-9H,7H2,1H3. The Bertz CT molecular complexity index is 302. The first-order valence-corrected chi connectivity index (χ1v) is 4.27. The third kappa shape index (κ3) is 1.35. The van der Waals surface area contributed by atoms with Crippen molar-refractivity contribution in [3.63, 3.8) is 0 Å². The van der Waals surface area contributed by atoms with E-state index in [4.69, 9.17) is 4.74 Å². The molecule has 0 aliphatic carbocycles. The maximum atomic E-state index is 5.67. The molecule has 0 radical (unpaired) electrons. The lowest BCUT2D eigenvalue weighted by molar-refractivity contribution is 0.270. The fourth-order valence-electron chi connectivity index (χ4n) is 1.41. The van der Waals surface area contributed by atoms with E-state index < -0.39 is 0 Å². The van der Waals surface area contributed by atoms with Crippen LogP contribution in [0.3, 0.4) is 0 Å². The summed E-state index contributed by atoms with van der Waals surface area (Å²) in [7, 11) is 0. The zero-order valence-electron chi connectivity index (χ0n) is 7.16. The van der Waals surface area contributed by atoms with Crippen LogP contribution in [-0.2, 0) is 6.42 Å². The second kappa shape index (κ2) is 3.02. The molecule has 1 nitrogen and oxygen atoms in total. The van der Waals surface area contributed by atoms with Crippen LogP contribution in [0.5, 0.6) is 5.75 Å². The van der Waals surface area contributed by atoms with Gasteiger partial charge < -0.3 is 4.74 Å². The van der Waals surface area contributed by atoms with Crippen molar-refractivity contribution < 1.29 is 4.74 Å². The van der Waals surface area contributed by atoms with Gasteiger partial charge >= 0.3 is 0 Å². The Morgan fingerprint density at radius 3 is 3.08 bits per heavy atom. The number of fused-ring (bicyclic) bond motifs is 1. The molecule has 1 aromatic carbocycles. The minimum atomic E-state index is 0.202. The molecule has 0 aromatic heterocycles. The summed E-state index contributed by atoms with van der Waals surface area (Å²) in [6.45, 7) is 2.05. The van der Waals surface area contributed by atoms with Crippen molar-refractivity contribution in [3.05, 3.63) is 42.0 Å². The fraction of sp³-hybridized carbons (Fsp3) is 0.273. The summed E-state index contributed by atoms with van der Waals surface area (Å²) >= 11 is 0. The van der Waals surface area contributed by atoms with Crippen molar-refractivity contribution in [1.82, 2.24) is 0 Å². The van der Waals surface area contributed by atoms with Crippen molar-refractivity contribution >= 4 is 0 Å². The highest BCUT2D eigenvalue weighted by molar-refractivity contribution is 5.36. The Morgan fingerprint density at radius 1 is 1.33 bits per heavy atom. The highest BCUT2D eigenvalue weighted by Gasteiger charge is 2.07. The second-order valence-corrected chi connectivity index (χ2v) is 3.06. The molecular weight excluding hydrogens is 148 g/mol. The molecular formula is C11H12O. The Hall–Kier alpha value is -1.24. The van der Waals surface area contributed by atoms with Gasteiger partial charge in [-0.3, -0.25) is 0 Å². The summed E-state index contributed by atoms with van der Waals surface area (Å²) in [5.41, 5.74) is 1.28. The van der Waals surface area contributed by atoms with E-state index in [9.17, 15) is 0 Å². The number of hydrogen-bond acceptors (Lipinski definition) is 1. The van der Waals surface area contributed by atoms with Gasteiger partial charge in [-0.1, -0.05) is 24.3 Å². The van der Waals surface area contributed by atoms with Crippen LogP contribution in [0.25, 0.3) is 0 Å². The number of hydrogen-bond donors (Lipinski definition) is 0. The molecule has 0 N–H and O–H groups in total. The van der Waals surface area contributed by atoms with Crippen molar-refractivity contribution in [1.29, 1.82) is 0 Å². The van der Waals surface area contributed by atoms with Gasteiger partial charge in [-0.25, -0.2) is 0 Å². The van der Waals surface area contributed by atoms with Crippen molar-refractivity contribution in [2.45, 2.75) is 19.4 Å². The molecule has 0 spiro atoms. The topological polar surface area (TPSA) is 9.23 Å². The van der Waals surface area contributed by atoms with Gasteiger partial charge in [0.25, 0.3) is 0 Å². The molecule has 1 heteroatoms. The summed E-state index contributed by atoms with van der Waals surface area (Å²) in [5.74, 6) is 1.02. The lowest BCUT2D eigenvalue weighted by atomic mass is 10.1. The van der Waals surface area contributed by atoms with Crippen LogP contribution in [0.1, 0.15) is 12.5 Å². The molecule has 0 saturated carbocycles. The van der Waals surface area contributed by atoms with Gasteiger partial charge in [0.15, 0.2) is 0 Å². The van der Waals surface area contributed by atoms with E-state index >= 15 is 0 Å². The average molecular weight is 160 g/mol. The van der Waals surface area contributed by atoms with Crippen LogP contribution in [0, 0.1) is 0 Å². The van der Waals surface area contributed by atoms with E-state index in [-0.39, 0.29) is 6.10 Å².